The number of alkyl carbamates (subject to hydrolysis) is 1. The Morgan fingerprint density at radius 3 is 2.08 bits per heavy atom. The summed E-state index contributed by atoms with van der Waals surface area (Å²) in [6.45, 7) is 17.0. The average Bonchev–Trinajstić information content (AvgIpc) is 2.41. The first kappa shape index (κ1) is 20.7. The van der Waals surface area contributed by atoms with Crippen molar-refractivity contribution in [1.29, 1.82) is 0 Å². The summed E-state index contributed by atoms with van der Waals surface area (Å²) in [4.78, 5) is 12.0. The van der Waals surface area contributed by atoms with Crippen LogP contribution >= 0.6 is 0 Å². The number of carbonyl (C=O) groups excluding carboxylic acids is 1. The molecular formula is C19H33NO3Si. The fraction of sp³-hybridized carbons (Fsp3) is 0.632. The van der Waals surface area contributed by atoms with E-state index in [9.17, 15) is 4.79 Å². The fourth-order valence-corrected chi connectivity index (χ4v) is 3.20. The van der Waals surface area contributed by atoms with Crippen molar-refractivity contribution >= 4 is 14.4 Å². The summed E-state index contributed by atoms with van der Waals surface area (Å²) in [5, 5.41) is 2.95. The van der Waals surface area contributed by atoms with Gasteiger partial charge in [0.25, 0.3) is 0 Å². The molecule has 5 heteroatoms. The molecule has 0 saturated carbocycles. The van der Waals surface area contributed by atoms with Gasteiger partial charge in [0.15, 0.2) is 8.32 Å². The van der Waals surface area contributed by atoms with Gasteiger partial charge in [-0.1, -0.05) is 51.1 Å². The SMILES string of the molecule is CC(C)(C)OC(=O)NC[C@H](O[Si](C)(C)C(C)(C)C)c1ccccc1. The van der Waals surface area contributed by atoms with Gasteiger partial charge >= 0.3 is 6.09 Å². The summed E-state index contributed by atoms with van der Waals surface area (Å²) in [6.07, 6.45) is -0.595. The fourth-order valence-electron chi connectivity index (χ4n) is 1.92. The molecule has 0 heterocycles. The molecule has 0 aliphatic rings. The molecular weight excluding hydrogens is 318 g/mol. The molecule has 1 aromatic carbocycles. The molecule has 0 fully saturated rings. The number of rotatable bonds is 5. The van der Waals surface area contributed by atoms with Crippen LogP contribution in [0.4, 0.5) is 4.79 Å². The van der Waals surface area contributed by atoms with Gasteiger partial charge in [-0.2, -0.15) is 0 Å². The molecule has 0 radical (unpaired) electrons. The number of amides is 1. The summed E-state index contributed by atoms with van der Waals surface area (Å²) >= 11 is 0. The molecule has 1 rings (SSSR count). The summed E-state index contributed by atoms with van der Waals surface area (Å²) < 4.78 is 11.9. The molecule has 0 aliphatic heterocycles. The van der Waals surface area contributed by atoms with Crippen LogP contribution in [0, 0.1) is 0 Å². The number of carbonyl (C=O) groups is 1. The standard InChI is InChI=1S/C19H33NO3Si/c1-18(2,3)22-17(21)20-14-16(15-12-10-9-11-13-15)23-24(7,8)19(4,5)6/h9-13,16H,14H2,1-8H3,(H,20,21)/t16-/m0/s1. The smallest absolute Gasteiger partial charge is 0.407 e. The third-order valence-corrected chi connectivity index (χ3v) is 8.73. The lowest BCUT2D eigenvalue weighted by Crippen LogP contribution is -2.44. The van der Waals surface area contributed by atoms with E-state index in [1.807, 2.05) is 51.1 Å². The maximum atomic E-state index is 12.0. The van der Waals surface area contributed by atoms with Gasteiger partial charge in [0.05, 0.1) is 12.6 Å². The Balaban J connectivity index is 2.86. The minimum atomic E-state index is -1.96. The van der Waals surface area contributed by atoms with E-state index < -0.39 is 20.0 Å². The van der Waals surface area contributed by atoms with Crippen LogP contribution in [0.25, 0.3) is 0 Å². The molecule has 136 valence electrons. The lowest BCUT2D eigenvalue weighted by atomic mass is 10.1. The molecule has 0 bridgehead atoms. The number of nitrogens with one attached hydrogen (secondary N) is 1. The quantitative estimate of drug-likeness (QED) is 0.735. The third kappa shape index (κ3) is 6.65. The van der Waals surface area contributed by atoms with E-state index in [1.54, 1.807) is 0 Å². The zero-order valence-corrected chi connectivity index (χ0v) is 17.4. The Bertz CT molecular complexity index is 530. The predicted octanol–water partition coefficient (Wildman–Crippen LogP) is 5.27. The van der Waals surface area contributed by atoms with Crippen LogP contribution in [0.15, 0.2) is 30.3 Å². The topological polar surface area (TPSA) is 47.6 Å². The van der Waals surface area contributed by atoms with E-state index in [-0.39, 0.29) is 11.1 Å². The van der Waals surface area contributed by atoms with Crippen LogP contribution in [0.2, 0.25) is 18.1 Å². The second-order valence-corrected chi connectivity index (χ2v) is 13.4. The van der Waals surface area contributed by atoms with Gasteiger partial charge in [0.2, 0.25) is 0 Å². The van der Waals surface area contributed by atoms with Gasteiger partial charge in [-0.15, -0.1) is 0 Å². The molecule has 1 N–H and O–H groups in total. The third-order valence-electron chi connectivity index (χ3n) is 4.25. The first-order chi connectivity index (χ1) is 10.8. The first-order valence-electron chi connectivity index (χ1n) is 8.51. The minimum Gasteiger partial charge on any atom is -0.444 e. The van der Waals surface area contributed by atoms with Crippen molar-refractivity contribution in [1.82, 2.24) is 5.32 Å². The molecule has 1 amide bonds. The molecule has 0 spiro atoms. The van der Waals surface area contributed by atoms with Gasteiger partial charge in [0.1, 0.15) is 5.60 Å². The molecule has 24 heavy (non-hydrogen) atoms. The largest absolute Gasteiger partial charge is 0.444 e. The van der Waals surface area contributed by atoms with Crippen LogP contribution in [0.5, 0.6) is 0 Å². The molecule has 0 unspecified atom stereocenters. The molecule has 1 atom stereocenters. The van der Waals surface area contributed by atoms with Gasteiger partial charge in [-0.3, -0.25) is 0 Å². The van der Waals surface area contributed by atoms with E-state index in [4.69, 9.17) is 9.16 Å². The second kappa shape index (κ2) is 7.70. The molecule has 1 aromatic rings. The molecule has 0 aromatic heterocycles. The highest BCUT2D eigenvalue weighted by atomic mass is 28.4. The van der Waals surface area contributed by atoms with Gasteiger partial charge in [0, 0.05) is 0 Å². The van der Waals surface area contributed by atoms with Crippen molar-refractivity contribution in [2.45, 2.75) is 71.4 Å². The van der Waals surface area contributed by atoms with Crippen molar-refractivity contribution in [3.05, 3.63) is 35.9 Å². The minimum absolute atomic E-state index is 0.103. The normalized spacial score (nSPS) is 14.2. The number of benzene rings is 1. The Morgan fingerprint density at radius 1 is 1.08 bits per heavy atom. The Kier molecular flexibility index (Phi) is 6.65. The van der Waals surface area contributed by atoms with E-state index in [2.05, 4.69) is 39.2 Å². The highest BCUT2D eigenvalue weighted by Gasteiger charge is 2.39. The van der Waals surface area contributed by atoms with Crippen LogP contribution in [0.1, 0.15) is 53.2 Å². The lowest BCUT2D eigenvalue weighted by molar-refractivity contribution is 0.0496. The highest BCUT2D eigenvalue weighted by molar-refractivity contribution is 6.74. The Hall–Kier alpha value is -1.33. The molecule has 0 aliphatic carbocycles. The maximum Gasteiger partial charge on any atom is 0.407 e. The van der Waals surface area contributed by atoms with E-state index >= 15 is 0 Å². The number of ether oxygens (including phenoxy) is 1. The predicted molar refractivity (Wildman–Crippen MR) is 102 cm³/mol. The molecule has 4 nitrogen and oxygen atoms in total. The van der Waals surface area contributed by atoms with Gasteiger partial charge in [-0.05, 0) is 44.5 Å². The summed E-state index contributed by atoms with van der Waals surface area (Å²) in [5.74, 6) is 0. The molecule has 0 saturated heterocycles. The summed E-state index contributed by atoms with van der Waals surface area (Å²) in [5.41, 5.74) is 0.561. The van der Waals surface area contributed by atoms with Crippen molar-refractivity contribution in [3.63, 3.8) is 0 Å². The zero-order valence-electron chi connectivity index (χ0n) is 16.4. The van der Waals surface area contributed by atoms with Crippen molar-refractivity contribution in [2.75, 3.05) is 6.54 Å². The first-order valence-corrected chi connectivity index (χ1v) is 11.4. The van der Waals surface area contributed by atoms with Crippen molar-refractivity contribution in [3.8, 4) is 0 Å². The lowest BCUT2D eigenvalue weighted by Gasteiger charge is -2.39. The van der Waals surface area contributed by atoms with Crippen LogP contribution in [-0.2, 0) is 9.16 Å². The Morgan fingerprint density at radius 2 is 1.62 bits per heavy atom. The van der Waals surface area contributed by atoms with Crippen LogP contribution < -0.4 is 5.32 Å². The zero-order chi connectivity index (χ0) is 18.6. The maximum absolute atomic E-state index is 12.0. The Labute approximate surface area is 148 Å². The van der Waals surface area contributed by atoms with E-state index in [1.165, 1.54) is 0 Å². The summed E-state index contributed by atoms with van der Waals surface area (Å²) in [6, 6.07) is 10.0. The second-order valence-electron chi connectivity index (χ2n) is 8.66. The van der Waals surface area contributed by atoms with Gasteiger partial charge < -0.3 is 14.5 Å². The highest BCUT2D eigenvalue weighted by Crippen LogP contribution is 2.39. The number of hydrogen-bond donors (Lipinski definition) is 1. The monoisotopic (exact) mass is 351 g/mol. The van der Waals surface area contributed by atoms with E-state index in [0.717, 1.165) is 5.56 Å². The van der Waals surface area contributed by atoms with Gasteiger partial charge in [-0.25, -0.2) is 4.79 Å². The van der Waals surface area contributed by atoms with E-state index in [0.29, 0.717) is 6.54 Å². The average molecular weight is 352 g/mol. The summed E-state index contributed by atoms with van der Waals surface area (Å²) in [7, 11) is -1.96. The van der Waals surface area contributed by atoms with Crippen molar-refractivity contribution in [2.24, 2.45) is 0 Å². The van der Waals surface area contributed by atoms with Crippen molar-refractivity contribution < 1.29 is 14.0 Å². The van der Waals surface area contributed by atoms with Crippen LogP contribution in [0.3, 0.4) is 0 Å². The number of hydrogen-bond acceptors (Lipinski definition) is 3. The van der Waals surface area contributed by atoms with Crippen LogP contribution in [-0.4, -0.2) is 26.6 Å².